The maximum absolute atomic E-state index is 12.5. The molecule has 0 spiro atoms. The van der Waals surface area contributed by atoms with Gasteiger partial charge in [0.15, 0.2) is 0 Å². The zero-order valence-electron chi connectivity index (χ0n) is 14.9. The van der Waals surface area contributed by atoms with Crippen molar-refractivity contribution in [3.63, 3.8) is 0 Å². The zero-order chi connectivity index (χ0) is 18.2. The first-order chi connectivity index (χ1) is 12.8. The van der Waals surface area contributed by atoms with Crippen LogP contribution < -0.4 is 5.32 Å². The predicted molar refractivity (Wildman–Crippen MR) is 108 cm³/mol. The standard InChI is InChI=1S/C24H23NO/c1-2-19-13-15-20(16-14-19)17-18-23(26)25-24(21-9-5-3-6-10-21)22-11-7-4-8-12-22/h3-18,24H,2H2,1H3,(H,25,26)/b18-17+. The summed E-state index contributed by atoms with van der Waals surface area (Å²) in [5.41, 5.74) is 4.44. The van der Waals surface area contributed by atoms with Crippen LogP contribution in [0.2, 0.25) is 0 Å². The van der Waals surface area contributed by atoms with Crippen molar-refractivity contribution >= 4 is 12.0 Å². The van der Waals surface area contributed by atoms with Crippen molar-refractivity contribution in [2.75, 3.05) is 0 Å². The van der Waals surface area contributed by atoms with Crippen LogP contribution in [0.15, 0.2) is 91.0 Å². The average Bonchev–Trinajstić information content (AvgIpc) is 2.72. The van der Waals surface area contributed by atoms with Crippen LogP contribution in [-0.2, 0) is 11.2 Å². The molecular formula is C24H23NO. The number of carbonyl (C=O) groups is 1. The van der Waals surface area contributed by atoms with Gasteiger partial charge in [0.25, 0.3) is 0 Å². The van der Waals surface area contributed by atoms with Crippen LogP contribution >= 0.6 is 0 Å². The van der Waals surface area contributed by atoms with Crippen LogP contribution in [0.5, 0.6) is 0 Å². The van der Waals surface area contributed by atoms with E-state index in [2.05, 4.69) is 24.4 Å². The molecule has 0 saturated heterocycles. The second-order valence-corrected chi connectivity index (χ2v) is 6.19. The van der Waals surface area contributed by atoms with Crippen LogP contribution in [0.25, 0.3) is 6.08 Å². The minimum Gasteiger partial charge on any atom is -0.342 e. The summed E-state index contributed by atoms with van der Waals surface area (Å²) in [6.45, 7) is 2.13. The van der Waals surface area contributed by atoms with Crippen molar-refractivity contribution < 1.29 is 4.79 Å². The summed E-state index contributed by atoms with van der Waals surface area (Å²) in [6.07, 6.45) is 4.46. The van der Waals surface area contributed by atoms with Gasteiger partial charge in [-0.25, -0.2) is 0 Å². The topological polar surface area (TPSA) is 29.1 Å². The molecule has 3 aromatic rings. The van der Waals surface area contributed by atoms with Gasteiger partial charge in [0.05, 0.1) is 6.04 Å². The number of benzene rings is 3. The van der Waals surface area contributed by atoms with Crippen molar-refractivity contribution in [2.24, 2.45) is 0 Å². The van der Waals surface area contributed by atoms with E-state index >= 15 is 0 Å². The molecular weight excluding hydrogens is 318 g/mol. The molecule has 0 atom stereocenters. The maximum atomic E-state index is 12.5. The summed E-state index contributed by atoms with van der Waals surface area (Å²) in [4.78, 5) is 12.5. The Kier molecular flexibility index (Phi) is 6.00. The summed E-state index contributed by atoms with van der Waals surface area (Å²) in [7, 11) is 0. The van der Waals surface area contributed by atoms with Gasteiger partial charge >= 0.3 is 0 Å². The third-order valence-electron chi connectivity index (χ3n) is 4.37. The zero-order valence-corrected chi connectivity index (χ0v) is 14.9. The highest BCUT2D eigenvalue weighted by atomic mass is 16.1. The minimum absolute atomic E-state index is 0.109. The summed E-state index contributed by atoms with van der Waals surface area (Å²) < 4.78 is 0. The second-order valence-electron chi connectivity index (χ2n) is 6.19. The van der Waals surface area contributed by atoms with Crippen molar-refractivity contribution in [3.8, 4) is 0 Å². The SMILES string of the molecule is CCc1ccc(/C=C/C(=O)NC(c2ccccc2)c2ccccc2)cc1. The van der Waals surface area contributed by atoms with Crippen LogP contribution in [0.4, 0.5) is 0 Å². The minimum atomic E-state index is -0.169. The molecule has 26 heavy (non-hydrogen) atoms. The summed E-state index contributed by atoms with van der Waals surface area (Å²) in [5.74, 6) is -0.109. The lowest BCUT2D eigenvalue weighted by atomic mass is 9.98. The summed E-state index contributed by atoms with van der Waals surface area (Å²) in [6, 6.07) is 28.1. The molecule has 0 fully saturated rings. The molecule has 3 aromatic carbocycles. The summed E-state index contributed by atoms with van der Waals surface area (Å²) >= 11 is 0. The highest BCUT2D eigenvalue weighted by Gasteiger charge is 2.15. The fourth-order valence-electron chi connectivity index (χ4n) is 2.88. The van der Waals surface area contributed by atoms with E-state index in [9.17, 15) is 4.79 Å². The number of nitrogens with one attached hydrogen (secondary N) is 1. The van der Waals surface area contributed by atoms with E-state index in [4.69, 9.17) is 0 Å². The molecule has 0 saturated carbocycles. The molecule has 0 aliphatic heterocycles. The highest BCUT2D eigenvalue weighted by molar-refractivity contribution is 5.92. The molecule has 0 unspecified atom stereocenters. The Morgan fingerprint density at radius 2 is 1.38 bits per heavy atom. The average molecular weight is 341 g/mol. The molecule has 0 bridgehead atoms. The van der Waals surface area contributed by atoms with Gasteiger partial charge in [-0.05, 0) is 34.8 Å². The van der Waals surface area contributed by atoms with E-state index in [1.807, 2.05) is 78.9 Å². The molecule has 3 rings (SSSR count). The van der Waals surface area contributed by atoms with E-state index in [1.165, 1.54) is 5.56 Å². The van der Waals surface area contributed by atoms with Gasteiger partial charge in [0, 0.05) is 6.08 Å². The number of rotatable bonds is 6. The number of carbonyl (C=O) groups excluding carboxylic acids is 1. The van der Waals surface area contributed by atoms with Gasteiger partial charge in [0.2, 0.25) is 5.91 Å². The lowest BCUT2D eigenvalue weighted by Crippen LogP contribution is -2.27. The van der Waals surface area contributed by atoms with Crippen molar-refractivity contribution in [2.45, 2.75) is 19.4 Å². The van der Waals surface area contributed by atoms with Crippen LogP contribution in [0.1, 0.15) is 35.2 Å². The van der Waals surface area contributed by atoms with Gasteiger partial charge in [0.1, 0.15) is 0 Å². The first-order valence-electron chi connectivity index (χ1n) is 8.93. The lowest BCUT2D eigenvalue weighted by molar-refractivity contribution is -0.116. The van der Waals surface area contributed by atoms with E-state index in [-0.39, 0.29) is 11.9 Å². The van der Waals surface area contributed by atoms with Crippen molar-refractivity contribution in [1.29, 1.82) is 0 Å². The fraction of sp³-hybridized carbons (Fsp3) is 0.125. The van der Waals surface area contributed by atoms with E-state index in [0.29, 0.717) is 0 Å². The highest BCUT2D eigenvalue weighted by Crippen LogP contribution is 2.21. The molecule has 0 aliphatic carbocycles. The Morgan fingerprint density at radius 3 is 1.88 bits per heavy atom. The largest absolute Gasteiger partial charge is 0.342 e. The molecule has 1 N–H and O–H groups in total. The molecule has 1 amide bonds. The van der Waals surface area contributed by atoms with Crippen LogP contribution in [0, 0.1) is 0 Å². The van der Waals surface area contributed by atoms with Crippen molar-refractivity contribution in [1.82, 2.24) is 5.32 Å². The maximum Gasteiger partial charge on any atom is 0.244 e. The van der Waals surface area contributed by atoms with Gasteiger partial charge < -0.3 is 5.32 Å². The van der Waals surface area contributed by atoms with Gasteiger partial charge in [-0.2, -0.15) is 0 Å². The third kappa shape index (κ3) is 4.70. The Balaban J connectivity index is 1.76. The Hall–Kier alpha value is -3.13. The Morgan fingerprint density at radius 1 is 0.846 bits per heavy atom. The van der Waals surface area contributed by atoms with Crippen LogP contribution in [0.3, 0.4) is 0 Å². The Labute approximate surface area is 155 Å². The first-order valence-corrected chi connectivity index (χ1v) is 8.93. The van der Waals surface area contributed by atoms with Gasteiger partial charge in [-0.15, -0.1) is 0 Å². The van der Waals surface area contributed by atoms with Gasteiger partial charge in [-0.3, -0.25) is 4.79 Å². The molecule has 0 aromatic heterocycles. The third-order valence-corrected chi connectivity index (χ3v) is 4.37. The van der Waals surface area contributed by atoms with Crippen molar-refractivity contribution in [3.05, 3.63) is 113 Å². The molecule has 0 heterocycles. The monoisotopic (exact) mass is 341 g/mol. The quantitative estimate of drug-likeness (QED) is 0.616. The number of hydrogen-bond acceptors (Lipinski definition) is 1. The van der Waals surface area contributed by atoms with E-state index in [1.54, 1.807) is 6.08 Å². The fourth-order valence-corrected chi connectivity index (χ4v) is 2.88. The van der Waals surface area contributed by atoms with E-state index in [0.717, 1.165) is 23.1 Å². The van der Waals surface area contributed by atoms with Gasteiger partial charge in [-0.1, -0.05) is 91.9 Å². The molecule has 130 valence electrons. The normalized spacial score (nSPS) is 11.0. The predicted octanol–water partition coefficient (Wildman–Crippen LogP) is 5.17. The molecule has 0 aliphatic rings. The van der Waals surface area contributed by atoms with E-state index < -0.39 is 0 Å². The smallest absolute Gasteiger partial charge is 0.244 e. The Bertz CT molecular complexity index is 812. The molecule has 2 heteroatoms. The first kappa shape index (κ1) is 17.7. The molecule has 0 radical (unpaired) electrons. The number of amides is 1. The summed E-state index contributed by atoms with van der Waals surface area (Å²) in [5, 5.41) is 3.12. The second kappa shape index (κ2) is 8.82. The van der Waals surface area contributed by atoms with Crippen LogP contribution in [-0.4, -0.2) is 5.91 Å². The number of aryl methyl sites for hydroxylation is 1. The lowest BCUT2D eigenvalue weighted by Gasteiger charge is -2.19. The molecule has 2 nitrogen and oxygen atoms in total. The number of hydrogen-bond donors (Lipinski definition) is 1.